The van der Waals surface area contributed by atoms with Crippen LogP contribution >= 0.6 is 23.4 Å². The minimum atomic E-state index is -0.291. The quantitative estimate of drug-likeness (QED) is 0.558. The van der Waals surface area contributed by atoms with Gasteiger partial charge in [0.25, 0.3) is 0 Å². The van der Waals surface area contributed by atoms with E-state index in [2.05, 4.69) is 19.9 Å². The zero-order valence-electron chi connectivity index (χ0n) is 15.8. The van der Waals surface area contributed by atoms with Crippen LogP contribution in [0.3, 0.4) is 0 Å². The van der Waals surface area contributed by atoms with E-state index in [0.717, 1.165) is 47.2 Å². The molecule has 8 nitrogen and oxygen atoms in total. The summed E-state index contributed by atoms with van der Waals surface area (Å²) in [5.41, 5.74) is 13.1. The molecule has 4 rings (SSSR count). The predicted molar refractivity (Wildman–Crippen MR) is 115 cm³/mol. The highest BCUT2D eigenvalue weighted by Gasteiger charge is 2.30. The van der Waals surface area contributed by atoms with Crippen LogP contribution in [-0.2, 0) is 0 Å². The number of hydrogen-bond donors (Lipinski definition) is 3. The molecule has 10 heteroatoms. The second-order valence-electron chi connectivity index (χ2n) is 7.15. The van der Waals surface area contributed by atoms with E-state index in [4.69, 9.17) is 28.1 Å². The van der Waals surface area contributed by atoms with Crippen molar-refractivity contribution in [2.75, 3.05) is 30.3 Å². The number of halogens is 1. The highest BCUT2D eigenvalue weighted by atomic mass is 35.5. The Labute approximate surface area is 177 Å². The SMILES string of the molecule is Nc1nccc(Sc2ccc3nc(N4CCC(N)(CCO)CC4)cnc3n2)c1Cl. The number of aliphatic hydroxyl groups is 1. The number of fused-ring (bicyclic) bond motifs is 1. The van der Waals surface area contributed by atoms with Crippen molar-refractivity contribution in [3.63, 3.8) is 0 Å². The lowest BCUT2D eigenvalue weighted by Gasteiger charge is -2.39. The molecule has 4 heterocycles. The van der Waals surface area contributed by atoms with Gasteiger partial charge in [-0.25, -0.2) is 19.9 Å². The molecule has 3 aromatic rings. The minimum absolute atomic E-state index is 0.121. The van der Waals surface area contributed by atoms with Crippen LogP contribution in [0.1, 0.15) is 19.3 Å². The van der Waals surface area contributed by atoms with E-state index in [1.54, 1.807) is 18.5 Å². The summed E-state index contributed by atoms with van der Waals surface area (Å²) in [5, 5.41) is 10.4. The molecular formula is C19H22ClN7OS. The Balaban J connectivity index is 1.51. The first kappa shape index (κ1) is 20.1. The largest absolute Gasteiger partial charge is 0.396 e. The van der Waals surface area contributed by atoms with Crippen LogP contribution in [0, 0.1) is 0 Å². The maximum Gasteiger partial charge on any atom is 0.179 e. The molecule has 0 radical (unpaired) electrons. The van der Waals surface area contributed by atoms with Gasteiger partial charge >= 0.3 is 0 Å². The average Bonchev–Trinajstić information content (AvgIpc) is 2.72. The van der Waals surface area contributed by atoms with E-state index in [0.29, 0.717) is 22.9 Å². The molecule has 0 spiro atoms. The van der Waals surface area contributed by atoms with Gasteiger partial charge in [0.15, 0.2) is 5.65 Å². The Kier molecular flexibility index (Phi) is 5.73. The summed E-state index contributed by atoms with van der Waals surface area (Å²) in [4.78, 5) is 20.7. The van der Waals surface area contributed by atoms with Crippen molar-refractivity contribution in [3.8, 4) is 0 Å². The molecule has 0 unspecified atom stereocenters. The van der Waals surface area contributed by atoms with E-state index in [-0.39, 0.29) is 12.1 Å². The second-order valence-corrected chi connectivity index (χ2v) is 8.59. The van der Waals surface area contributed by atoms with E-state index >= 15 is 0 Å². The molecule has 0 aliphatic carbocycles. The average molecular weight is 432 g/mol. The molecule has 3 aromatic heterocycles. The predicted octanol–water partition coefficient (Wildman–Crippen LogP) is 2.49. The summed E-state index contributed by atoms with van der Waals surface area (Å²) < 4.78 is 0. The van der Waals surface area contributed by atoms with Gasteiger partial charge in [-0.15, -0.1) is 0 Å². The monoisotopic (exact) mass is 431 g/mol. The number of nitrogens with two attached hydrogens (primary N) is 2. The first-order valence-electron chi connectivity index (χ1n) is 9.34. The zero-order valence-corrected chi connectivity index (χ0v) is 17.3. The van der Waals surface area contributed by atoms with Crippen molar-refractivity contribution < 1.29 is 5.11 Å². The Morgan fingerprint density at radius 3 is 2.72 bits per heavy atom. The van der Waals surface area contributed by atoms with E-state index in [1.165, 1.54) is 11.8 Å². The lowest BCUT2D eigenvalue weighted by atomic mass is 9.86. The van der Waals surface area contributed by atoms with Gasteiger partial charge in [0, 0.05) is 36.3 Å². The van der Waals surface area contributed by atoms with Gasteiger partial charge in [-0.05, 0) is 37.5 Å². The van der Waals surface area contributed by atoms with Crippen molar-refractivity contribution >= 4 is 46.2 Å². The first-order valence-corrected chi connectivity index (χ1v) is 10.5. The number of hydrogen-bond acceptors (Lipinski definition) is 9. The molecule has 1 aliphatic rings. The molecule has 0 aromatic carbocycles. The first-order chi connectivity index (χ1) is 14.0. The van der Waals surface area contributed by atoms with Crippen LogP contribution in [0.15, 0.2) is 40.5 Å². The second kappa shape index (κ2) is 8.27. The smallest absolute Gasteiger partial charge is 0.179 e. The third kappa shape index (κ3) is 4.37. The van der Waals surface area contributed by atoms with Gasteiger partial charge in [-0.2, -0.15) is 0 Å². The minimum Gasteiger partial charge on any atom is -0.396 e. The van der Waals surface area contributed by atoms with Gasteiger partial charge < -0.3 is 21.5 Å². The Morgan fingerprint density at radius 1 is 1.17 bits per heavy atom. The van der Waals surface area contributed by atoms with Crippen molar-refractivity contribution in [3.05, 3.63) is 35.6 Å². The Morgan fingerprint density at radius 2 is 1.97 bits per heavy atom. The molecule has 1 fully saturated rings. The van der Waals surface area contributed by atoms with Crippen molar-refractivity contribution in [2.45, 2.75) is 34.7 Å². The number of anilines is 2. The van der Waals surface area contributed by atoms with E-state index < -0.39 is 0 Å². The fraction of sp³-hybridized carbons (Fsp3) is 0.368. The molecule has 29 heavy (non-hydrogen) atoms. The number of pyridine rings is 2. The molecule has 0 bridgehead atoms. The summed E-state index contributed by atoms with van der Waals surface area (Å²) in [7, 11) is 0. The molecule has 5 N–H and O–H groups in total. The molecule has 152 valence electrons. The van der Waals surface area contributed by atoms with Crippen molar-refractivity contribution in [2.24, 2.45) is 5.73 Å². The third-order valence-electron chi connectivity index (χ3n) is 5.15. The summed E-state index contributed by atoms with van der Waals surface area (Å²) >= 11 is 7.62. The van der Waals surface area contributed by atoms with Crippen LogP contribution in [0.2, 0.25) is 5.02 Å². The highest BCUT2D eigenvalue weighted by Crippen LogP contribution is 2.35. The van der Waals surface area contributed by atoms with Crippen LogP contribution in [0.25, 0.3) is 11.2 Å². The van der Waals surface area contributed by atoms with Crippen LogP contribution < -0.4 is 16.4 Å². The van der Waals surface area contributed by atoms with Gasteiger partial charge in [0.05, 0.1) is 11.2 Å². The topological polar surface area (TPSA) is 127 Å². The third-order valence-corrected chi connectivity index (χ3v) is 6.66. The lowest BCUT2D eigenvalue weighted by Crippen LogP contribution is -2.51. The van der Waals surface area contributed by atoms with Gasteiger partial charge in [-0.3, -0.25) is 0 Å². The van der Waals surface area contributed by atoms with E-state index in [9.17, 15) is 5.11 Å². The molecule has 0 atom stereocenters. The summed E-state index contributed by atoms with van der Waals surface area (Å²) in [6.45, 7) is 1.70. The van der Waals surface area contributed by atoms with Crippen LogP contribution in [0.5, 0.6) is 0 Å². The number of nitrogen functional groups attached to an aromatic ring is 1. The van der Waals surface area contributed by atoms with Gasteiger partial charge in [0.2, 0.25) is 0 Å². The molecule has 0 saturated carbocycles. The van der Waals surface area contributed by atoms with Gasteiger partial charge in [-0.1, -0.05) is 23.4 Å². The number of rotatable bonds is 5. The number of nitrogens with zero attached hydrogens (tertiary/aromatic N) is 5. The number of piperidine rings is 1. The van der Waals surface area contributed by atoms with Crippen molar-refractivity contribution in [1.82, 2.24) is 19.9 Å². The standard InChI is InChI=1S/C19H22ClN7OS/c20-16-13(3-7-23-17(16)21)29-15-2-1-12-18(26-15)24-11-14(25-12)27-8-4-19(22,5-9-27)6-10-28/h1-3,7,11,28H,4-6,8-10,22H2,(H2,21,23). The summed E-state index contributed by atoms with van der Waals surface area (Å²) in [6.07, 6.45) is 5.62. The molecule has 1 aliphatic heterocycles. The Hall–Kier alpha value is -2.20. The number of aromatic nitrogens is 4. The van der Waals surface area contributed by atoms with Crippen LogP contribution in [0.4, 0.5) is 11.6 Å². The van der Waals surface area contributed by atoms with Crippen molar-refractivity contribution in [1.29, 1.82) is 0 Å². The highest BCUT2D eigenvalue weighted by molar-refractivity contribution is 7.99. The zero-order chi connectivity index (χ0) is 20.4. The molecule has 1 saturated heterocycles. The van der Waals surface area contributed by atoms with Crippen LogP contribution in [-0.4, -0.2) is 50.3 Å². The summed E-state index contributed by atoms with van der Waals surface area (Å²) in [5.74, 6) is 1.11. The van der Waals surface area contributed by atoms with E-state index in [1.807, 2.05) is 12.1 Å². The fourth-order valence-electron chi connectivity index (χ4n) is 3.37. The maximum atomic E-state index is 9.19. The normalized spacial score (nSPS) is 16.3. The Bertz CT molecular complexity index is 1030. The molecule has 0 amide bonds. The summed E-state index contributed by atoms with van der Waals surface area (Å²) in [6, 6.07) is 5.60. The lowest BCUT2D eigenvalue weighted by molar-refractivity contribution is 0.214. The fourth-order valence-corrected chi connectivity index (χ4v) is 4.42. The molecular weight excluding hydrogens is 410 g/mol. The van der Waals surface area contributed by atoms with Gasteiger partial charge in [0.1, 0.15) is 22.2 Å². The number of aliphatic hydroxyl groups excluding tert-OH is 1. The maximum absolute atomic E-state index is 9.19.